The van der Waals surface area contributed by atoms with Crippen molar-refractivity contribution in [1.29, 1.82) is 0 Å². The van der Waals surface area contributed by atoms with E-state index in [2.05, 4.69) is 9.98 Å². The van der Waals surface area contributed by atoms with Crippen molar-refractivity contribution in [3.63, 3.8) is 0 Å². The molecule has 0 aliphatic carbocycles. The Labute approximate surface area is 117 Å². The lowest BCUT2D eigenvalue weighted by atomic mass is 9.89. The molecule has 104 valence electrons. The summed E-state index contributed by atoms with van der Waals surface area (Å²) in [4.78, 5) is 8.03. The number of nitrogens with two attached hydrogens (primary N) is 2. The van der Waals surface area contributed by atoms with Crippen molar-refractivity contribution >= 4 is 5.96 Å². The maximum absolute atomic E-state index is 13.0. The Bertz CT molecular complexity index is 562. The molecule has 4 N–H and O–H groups in total. The molecule has 4 nitrogen and oxygen atoms in total. The van der Waals surface area contributed by atoms with Crippen LogP contribution in [-0.4, -0.2) is 17.5 Å². The lowest BCUT2D eigenvalue weighted by molar-refractivity contribution is 0.625. The molecule has 20 heavy (non-hydrogen) atoms. The predicted octanol–water partition coefficient (Wildman–Crippen LogP) is 2.02. The maximum Gasteiger partial charge on any atom is 0.185 e. The van der Waals surface area contributed by atoms with Gasteiger partial charge in [0, 0.05) is 24.9 Å². The van der Waals surface area contributed by atoms with E-state index in [1.165, 1.54) is 12.1 Å². The average molecular weight is 272 g/mol. The quantitative estimate of drug-likeness (QED) is 0.645. The van der Waals surface area contributed by atoms with Gasteiger partial charge in [0.1, 0.15) is 5.82 Å². The Morgan fingerprint density at radius 1 is 1.05 bits per heavy atom. The molecule has 0 spiro atoms. The van der Waals surface area contributed by atoms with Crippen molar-refractivity contribution in [2.24, 2.45) is 16.5 Å². The second-order valence-electron chi connectivity index (χ2n) is 4.48. The molecule has 0 amide bonds. The molecule has 5 heteroatoms. The molecule has 0 fully saturated rings. The third-order valence-electron chi connectivity index (χ3n) is 3.09. The normalized spacial score (nSPS) is 11.8. The fourth-order valence-electron chi connectivity index (χ4n) is 2.14. The lowest BCUT2D eigenvalue weighted by Crippen LogP contribution is -2.23. The summed E-state index contributed by atoms with van der Waals surface area (Å²) >= 11 is 0. The van der Waals surface area contributed by atoms with Crippen molar-refractivity contribution in [3.05, 3.63) is 65.7 Å². The fourth-order valence-corrected chi connectivity index (χ4v) is 2.14. The van der Waals surface area contributed by atoms with Gasteiger partial charge in [-0.2, -0.15) is 0 Å². The van der Waals surface area contributed by atoms with Crippen LogP contribution >= 0.6 is 0 Å². The largest absolute Gasteiger partial charge is 0.370 e. The van der Waals surface area contributed by atoms with Gasteiger partial charge in [0.15, 0.2) is 5.96 Å². The minimum absolute atomic E-state index is 0.0811. The molecule has 0 saturated heterocycles. The summed E-state index contributed by atoms with van der Waals surface area (Å²) < 4.78 is 13.0. The van der Waals surface area contributed by atoms with Gasteiger partial charge in [-0.3, -0.25) is 9.98 Å². The molecule has 0 aliphatic rings. The van der Waals surface area contributed by atoms with E-state index in [0.717, 1.165) is 17.5 Å². The molecule has 0 saturated carbocycles. The standard InChI is InChI=1S/C15H17FN4/c16-13-3-1-11(2-4-13)14(7-10-20-15(17)18)12-5-8-19-9-6-12/h1-6,8-9,14H,7,10H2,(H4,17,18,20). The van der Waals surface area contributed by atoms with Crippen LogP contribution in [0.15, 0.2) is 53.8 Å². The van der Waals surface area contributed by atoms with Crippen molar-refractivity contribution in [1.82, 2.24) is 4.98 Å². The number of hydrogen-bond acceptors (Lipinski definition) is 2. The predicted molar refractivity (Wildman–Crippen MR) is 77.8 cm³/mol. The smallest absolute Gasteiger partial charge is 0.185 e. The summed E-state index contributed by atoms with van der Waals surface area (Å²) in [5.74, 6) is -0.0502. The maximum atomic E-state index is 13.0. The molecule has 1 atom stereocenters. The Hall–Kier alpha value is -2.43. The summed E-state index contributed by atoms with van der Waals surface area (Å²) in [6.07, 6.45) is 4.23. The molecule has 0 bridgehead atoms. The SMILES string of the molecule is NC(N)=NCCC(c1ccncc1)c1ccc(F)cc1. The molecule has 1 aromatic heterocycles. The first kappa shape index (κ1) is 14.0. The number of aliphatic imine (C=N–C) groups is 1. The Morgan fingerprint density at radius 2 is 1.65 bits per heavy atom. The van der Waals surface area contributed by atoms with Crippen LogP contribution in [0.4, 0.5) is 4.39 Å². The van der Waals surface area contributed by atoms with Crippen molar-refractivity contribution in [2.45, 2.75) is 12.3 Å². The first-order valence-electron chi connectivity index (χ1n) is 6.37. The van der Waals surface area contributed by atoms with Crippen LogP contribution in [0.5, 0.6) is 0 Å². The number of hydrogen-bond donors (Lipinski definition) is 2. The number of nitrogens with zero attached hydrogens (tertiary/aromatic N) is 2. The highest BCUT2D eigenvalue weighted by Gasteiger charge is 2.13. The van der Waals surface area contributed by atoms with Gasteiger partial charge in [-0.25, -0.2) is 4.39 Å². The summed E-state index contributed by atoms with van der Waals surface area (Å²) in [6, 6.07) is 10.4. The highest BCUT2D eigenvalue weighted by molar-refractivity contribution is 5.75. The zero-order valence-corrected chi connectivity index (χ0v) is 11.0. The minimum atomic E-state index is -0.244. The molecule has 1 unspecified atom stereocenters. The number of benzene rings is 1. The number of pyridine rings is 1. The van der Waals surface area contributed by atoms with Gasteiger partial charge in [-0.1, -0.05) is 12.1 Å². The molecular formula is C15H17FN4. The molecule has 2 aromatic rings. The highest BCUT2D eigenvalue weighted by Crippen LogP contribution is 2.27. The monoisotopic (exact) mass is 272 g/mol. The molecule has 0 radical (unpaired) electrons. The Kier molecular flexibility index (Phi) is 4.65. The van der Waals surface area contributed by atoms with E-state index < -0.39 is 0 Å². The fraction of sp³-hybridized carbons (Fsp3) is 0.200. The van der Waals surface area contributed by atoms with E-state index >= 15 is 0 Å². The molecular weight excluding hydrogens is 255 g/mol. The third-order valence-corrected chi connectivity index (χ3v) is 3.09. The van der Waals surface area contributed by atoms with Gasteiger partial charge >= 0.3 is 0 Å². The van der Waals surface area contributed by atoms with E-state index in [9.17, 15) is 4.39 Å². The highest BCUT2D eigenvalue weighted by atomic mass is 19.1. The second-order valence-corrected chi connectivity index (χ2v) is 4.48. The molecule has 0 aliphatic heterocycles. The van der Waals surface area contributed by atoms with Crippen LogP contribution < -0.4 is 11.5 Å². The van der Waals surface area contributed by atoms with Gasteiger partial charge in [-0.05, 0) is 41.8 Å². The number of guanidine groups is 1. The van der Waals surface area contributed by atoms with Crippen LogP contribution in [0, 0.1) is 5.82 Å². The Morgan fingerprint density at radius 3 is 2.25 bits per heavy atom. The van der Waals surface area contributed by atoms with E-state index in [0.29, 0.717) is 6.54 Å². The van der Waals surface area contributed by atoms with Gasteiger partial charge in [0.05, 0.1) is 0 Å². The summed E-state index contributed by atoms with van der Waals surface area (Å²) in [5.41, 5.74) is 12.8. The van der Waals surface area contributed by atoms with E-state index in [1.54, 1.807) is 24.5 Å². The van der Waals surface area contributed by atoms with Gasteiger partial charge in [-0.15, -0.1) is 0 Å². The van der Waals surface area contributed by atoms with E-state index in [-0.39, 0.29) is 17.7 Å². The first-order valence-corrected chi connectivity index (χ1v) is 6.37. The van der Waals surface area contributed by atoms with Gasteiger partial charge in [0.25, 0.3) is 0 Å². The van der Waals surface area contributed by atoms with Crippen LogP contribution in [-0.2, 0) is 0 Å². The topological polar surface area (TPSA) is 77.3 Å². The Balaban J connectivity index is 2.24. The third kappa shape index (κ3) is 3.78. The molecule has 1 heterocycles. The van der Waals surface area contributed by atoms with Crippen LogP contribution in [0.3, 0.4) is 0 Å². The van der Waals surface area contributed by atoms with Crippen molar-refractivity contribution in [3.8, 4) is 0 Å². The molecule has 1 aromatic carbocycles. The zero-order valence-electron chi connectivity index (χ0n) is 11.0. The van der Waals surface area contributed by atoms with Crippen molar-refractivity contribution in [2.75, 3.05) is 6.54 Å². The van der Waals surface area contributed by atoms with Gasteiger partial charge in [0.2, 0.25) is 0 Å². The number of halogens is 1. The van der Waals surface area contributed by atoms with Crippen LogP contribution in [0.1, 0.15) is 23.5 Å². The average Bonchev–Trinajstić information content (AvgIpc) is 2.46. The number of aromatic nitrogens is 1. The number of rotatable bonds is 5. The summed E-state index contributed by atoms with van der Waals surface area (Å²) in [7, 11) is 0. The van der Waals surface area contributed by atoms with E-state index in [1.807, 2.05) is 12.1 Å². The second kappa shape index (κ2) is 6.65. The molecule has 2 rings (SSSR count). The van der Waals surface area contributed by atoms with Crippen LogP contribution in [0.25, 0.3) is 0 Å². The van der Waals surface area contributed by atoms with Gasteiger partial charge < -0.3 is 11.5 Å². The lowest BCUT2D eigenvalue weighted by Gasteiger charge is -2.17. The summed E-state index contributed by atoms with van der Waals surface area (Å²) in [6.45, 7) is 0.521. The van der Waals surface area contributed by atoms with E-state index in [4.69, 9.17) is 11.5 Å². The van der Waals surface area contributed by atoms with Crippen LogP contribution in [0.2, 0.25) is 0 Å². The summed E-state index contributed by atoms with van der Waals surface area (Å²) in [5, 5.41) is 0. The zero-order chi connectivity index (χ0) is 14.4. The van der Waals surface area contributed by atoms with Crippen molar-refractivity contribution < 1.29 is 4.39 Å². The first-order chi connectivity index (χ1) is 9.66. The minimum Gasteiger partial charge on any atom is -0.370 e.